The summed E-state index contributed by atoms with van der Waals surface area (Å²) in [5, 5.41) is 12.7. The molecule has 0 saturated heterocycles. The Morgan fingerprint density at radius 1 is 1.19 bits per heavy atom. The monoisotopic (exact) mass is 373 g/mol. The van der Waals surface area contributed by atoms with Crippen LogP contribution in [0.25, 0.3) is 0 Å². The molecule has 0 bridgehead atoms. The van der Waals surface area contributed by atoms with Gasteiger partial charge in [-0.1, -0.05) is 30.3 Å². The van der Waals surface area contributed by atoms with E-state index in [1.54, 1.807) is 25.1 Å². The van der Waals surface area contributed by atoms with Gasteiger partial charge in [0.15, 0.2) is 11.5 Å². The Hall–Kier alpha value is -2.77. The number of benzene rings is 2. The Bertz CT molecular complexity index is 751. The van der Waals surface area contributed by atoms with Crippen molar-refractivity contribution in [2.24, 2.45) is 0 Å². The minimum atomic E-state index is -0.847. The van der Waals surface area contributed by atoms with Gasteiger partial charge in [-0.15, -0.1) is 0 Å². The SMILES string of the molecule is C[C@@H](OCc1ccccc1)C(=O)NC[C@H](O)COc1ccc2c(c1)OCO2. The van der Waals surface area contributed by atoms with E-state index >= 15 is 0 Å². The van der Waals surface area contributed by atoms with Gasteiger partial charge in [-0.25, -0.2) is 0 Å². The standard InChI is InChI=1S/C20H23NO6/c1-14(24-11-15-5-3-2-4-6-15)20(23)21-10-16(22)12-25-17-7-8-18-19(9-17)27-13-26-18/h2-9,14,16,22H,10-13H2,1H3,(H,21,23)/t14-,16+/m1/s1. The van der Waals surface area contributed by atoms with E-state index in [0.29, 0.717) is 23.9 Å². The second-order valence-corrected chi connectivity index (χ2v) is 6.16. The molecule has 2 atom stereocenters. The number of ether oxygens (including phenoxy) is 4. The van der Waals surface area contributed by atoms with Crippen molar-refractivity contribution in [2.75, 3.05) is 19.9 Å². The molecule has 0 fully saturated rings. The number of aliphatic hydroxyl groups excluding tert-OH is 1. The molecule has 1 aliphatic rings. The number of fused-ring (bicyclic) bond motifs is 1. The summed E-state index contributed by atoms with van der Waals surface area (Å²) < 4.78 is 21.6. The summed E-state index contributed by atoms with van der Waals surface area (Å²) in [6.07, 6.45) is -1.46. The lowest BCUT2D eigenvalue weighted by atomic mass is 10.2. The van der Waals surface area contributed by atoms with Crippen LogP contribution in [0.2, 0.25) is 0 Å². The van der Waals surface area contributed by atoms with Crippen molar-refractivity contribution in [1.29, 1.82) is 0 Å². The fourth-order valence-corrected chi connectivity index (χ4v) is 2.45. The third-order valence-corrected chi connectivity index (χ3v) is 4.01. The largest absolute Gasteiger partial charge is 0.491 e. The third kappa shape index (κ3) is 5.60. The molecule has 2 aromatic carbocycles. The number of rotatable bonds is 9. The summed E-state index contributed by atoms with van der Waals surface area (Å²) >= 11 is 0. The van der Waals surface area contributed by atoms with Crippen LogP contribution in [0.4, 0.5) is 0 Å². The lowest BCUT2D eigenvalue weighted by Gasteiger charge is -2.16. The van der Waals surface area contributed by atoms with Gasteiger partial charge in [-0.05, 0) is 24.6 Å². The van der Waals surface area contributed by atoms with Gasteiger partial charge in [0.05, 0.1) is 6.61 Å². The number of carbonyl (C=O) groups is 1. The molecule has 2 aromatic rings. The van der Waals surface area contributed by atoms with Gasteiger partial charge < -0.3 is 29.4 Å². The lowest BCUT2D eigenvalue weighted by molar-refractivity contribution is -0.133. The Balaban J connectivity index is 1.35. The summed E-state index contributed by atoms with van der Waals surface area (Å²) in [6.45, 7) is 2.33. The number of nitrogens with one attached hydrogen (secondary N) is 1. The van der Waals surface area contributed by atoms with Crippen LogP contribution in [0.5, 0.6) is 17.2 Å². The van der Waals surface area contributed by atoms with E-state index < -0.39 is 12.2 Å². The highest BCUT2D eigenvalue weighted by molar-refractivity contribution is 5.80. The molecule has 0 unspecified atom stereocenters. The molecular formula is C20H23NO6. The first kappa shape index (κ1) is 19.0. The van der Waals surface area contributed by atoms with Crippen LogP contribution < -0.4 is 19.5 Å². The molecule has 7 nitrogen and oxygen atoms in total. The third-order valence-electron chi connectivity index (χ3n) is 4.01. The zero-order valence-electron chi connectivity index (χ0n) is 15.1. The van der Waals surface area contributed by atoms with Crippen molar-refractivity contribution in [3.05, 3.63) is 54.1 Å². The maximum atomic E-state index is 12.1. The van der Waals surface area contributed by atoms with E-state index in [9.17, 15) is 9.90 Å². The first-order valence-electron chi connectivity index (χ1n) is 8.75. The summed E-state index contributed by atoms with van der Waals surface area (Å²) in [4.78, 5) is 12.1. The van der Waals surface area contributed by atoms with Gasteiger partial charge >= 0.3 is 0 Å². The lowest BCUT2D eigenvalue weighted by Crippen LogP contribution is -2.40. The molecule has 1 aliphatic heterocycles. The molecule has 0 aromatic heterocycles. The van der Waals surface area contributed by atoms with Gasteiger partial charge in [-0.3, -0.25) is 4.79 Å². The van der Waals surface area contributed by atoms with Crippen LogP contribution in [-0.4, -0.2) is 43.2 Å². The van der Waals surface area contributed by atoms with Crippen molar-refractivity contribution in [3.8, 4) is 17.2 Å². The fraction of sp³-hybridized carbons (Fsp3) is 0.350. The second-order valence-electron chi connectivity index (χ2n) is 6.16. The van der Waals surface area contributed by atoms with E-state index in [1.165, 1.54) is 0 Å². The minimum Gasteiger partial charge on any atom is -0.491 e. The van der Waals surface area contributed by atoms with E-state index in [1.807, 2.05) is 30.3 Å². The molecule has 0 aliphatic carbocycles. The molecule has 0 radical (unpaired) electrons. The summed E-state index contributed by atoms with van der Waals surface area (Å²) in [7, 11) is 0. The van der Waals surface area contributed by atoms with Crippen molar-refractivity contribution in [1.82, 2.24) is 5.32 Å². The number of carbonyl (C=O) groups excluding carboxylic acids is 1. The minimum absolute atomic E-state index is 0.0409. The molecular weight excluding hydrogens is 350 g/mol. The van der Waals surface area contributed by atoms with Gasteiger partial charge in [-0.2, -0.15) is 0 Å². The molecule has 0 spiro atoms. The van der Waals surface area contributed by atoms with Crippen molar-refractivity contribution < 1.29 is 28.8 Å². The first-order valence-corrected chi connectivity index (χ1v) is 8.75. The van der Waals surface area contributed by atoms with Crippen molar-refractivity contribution in [3.63, 3.8) is 0 Å². The normalized spacial score (nSPS) is 14.4. The molecule has 2 N–H and O–H groups in total. The van der Waals surface area contributed by atoms with Crippen LogP contribution in [-0.2, 0) is 16.1 Å². The van der Waals surface area contributed by atoms with Crippen LogP contribution in [0, 0.1) is 0 Å². The molecule has 27 heavy (non-hydrogen) atoms. The highest BCUT2D eigenvalue weighted by atomic mass is 16.7. The van der Waals surface area contributed by atoms with Crippen LogP contribution >= 0.6 is 0 Å². The predicted octanol–water partition coefficient (Wildman–Crippen LogP) is 1.88. The smallest absolute Gasteiger partial charge is 0.248 e. The number of amides is 1. The van der Waals surface area contributed by atoms with Gasteiger partial charge in [0.2, 0.25) is 12.7 Å². The van der Waals surface area contributed by atoms with E-state index in [0.717, 1.165) is 5.56 Å². The Morgan fingerprint density at radius 2 is 1.96 bits per heavy atom. The number of hydrogen-bond acceptors (Lipinski definition) is 6. The highest BCUT2D eigenvalue weighted by Gasteiger charge is 2.16. The molecule has 7 heteroatoms. The van der Waals surface area contributed by atoms with Gasteiger partial charge in [0.1, 0.15) is 24.6 Å². The van der Waals surface area contributed by atoms with Crippen LogP contribution in [0.3, 0.4) is 0 Å². The van der Waals surface area contributed by atoms with Gasteiger partial charge in [0.25, 0.3) is 0 Å². The molecule has 0 saturated carbocycles. The van der Waals surface area contributed by atoms with E-state index in [4.69, 9.17) is 18.9 Å². The summed E-state index contributed by atoms with van der Waals surface area (Å²) in [6, 6.07) is 14.8. The van der Waals surface area contributed by atoms with Gasteiger partial charge in [0, 0.05) is 12.6 Å². The van der Waals surface area contributed by atoms with Crippen molar-refractivity contribution in [2.45, 2.75) is 25.7 Å². The van der Waals surface area contributed by atoms with Crippen LogP contribution in [0.15, 0.2) is 48.5 Å². The topological polar surface area (TPSA) is 86.3 Å². The van der Waals surface area contributed by atoms with E-state index in [-0.39, 0.29) is 25.9 Å². The Kier molecular flexibility index (Phi) is 6.51. The number of hydrogen-bond donors (Lipinski definition) is 2. The van der Waals surface area contributed by atoms with Crippen molar-refractivity contribution >= 4 is 5.91 Å². The summed E-state index contributed by atoms with van der Waals surface area (Å²) in [5.74, 6) is 1.55. The fourth-order valence-electron chi connectivity index (χ4n) is 2.45. The maximum absolute atomic E-state index is 12.1. The molecule has 3 rings (SSSR count). The quantitative estimate of drug-likeness (QED) is 0.698. The first-order chi connectivity index (χ1) is 13.1. The van der Waals surface area contributed by atoms with Crippen LogP contribution in [0.1, 0.15) is 12.5 Å². The zero-order valence-corrected chi connectivity index (χ0v) is 15.1. The number of aliphatic hydroxyl groups is 1. The average molecular weight is 373 g/mol. The Labute approximate surface area is 157 Å². The predicted molar refractivity (Wildman–Crippen MR) is 97.8 cm³/mol. The zero-order chi connectivity index (χ0) is 19.1. The maximum Gasteiger partial charge on any atom is 0.248 e. The molecule has 144 valence electrons. The summed E-state index contributed by atoms with van der Waals surface area (Å²) in [5.41, 5.74) is 0.995. The second kappa shape index (κ2) is 9.25. The Morgan fingerprint density at radius 3 is 2.78 bits per heavy atom. The van der Waals surface area contributed by atoms with E-state index in [2.05, 4.69) is 5.32 Å². The average Bonchev–Trinajstić information content (AvgIpc) is 3.17. The highest BCUT2D eigenvalue weighted by Crippen LogP contribution is 2.35. The molecule has 1 heterocycles. The molecule has 1 amide bonds.